The van der Waals surface area contributed by atoms with Gasteiger partial charge in [-0.2, -0.15) is 5.06 Å². The van der Waals surface area contributed by atoms with Gasteiger partial charge in [-0.05, 0) is 30.2 Å². The highest BCUT2D eigenvalue weighted by Gasteiger charge is 2.50. The highest BCUT2D eigenvalue weighted by molar-refractivity contribution is 5.65. The average Bonchev–Trinajstić information content (AvgIpc) is 2.60. The van der Waals surface area contributed by atoms with Crippen LogP contribution in [-0.4, -0.2) is 39.0 Å². The Kier molecular flexibility index (Phi) is 2.54. The van der Waals surface area contributed by atoms with E-state index < -0.39 is 0 Å². The second-order valence-corrected chi connectivity index (χ2v) is 5.47. The van der Waals surface area contributed by atoms with E-state index in [4.69, 9.17) is 9.57 Å². The summed E-state index contributed by atoms with van der Waals surface area (Å²) in [7, 11) is 5.81. The number of hydrogen-bond acceptors (Lipinski definition) is 4. The minimum atomic E-state index is 0.0468. The minimum Gasteiger partial charge on any atom is -0.497 e. The van der Waals surface area contributed by atoms with E-state index in [1.54, 1.807) is 7.11 Å². The fourth-order valence-electron chi connectivity index (χ4n) is 3.15. The summed E-state index contributed by atoms with van der Waals surface area (Å²) in [5.74, 6) is 0.919. The molecule has 2 aliphatic heterocycles. The van der Waals surface area contributed by atoms with Crippen LogP contribution in [-0.2, 0) is 10.3 Å². The predicted molar refractivity (Wildman–Crippen MR) is 70.9 cm³/mol. The van der Waals surface area contributed by atoms with Crippen LogP contribution in [0.2, 0.25) is 0 Å². The number of anilines is 1. The first-order chi connectivity index (χ1) is 8.56. The molecule has 0 aromatic heterocycles. The number of ether oxygens (including phenoxy) is 1. The summed E-state index contributed by atoms with van der Waals surface area (Å²) in [6.45, 7) is 3.24. The number of benzene rings is 1. The Morgan fingerprint density at radius 3 is 2.89 bits per heavy atom. The Labute approximate surface area is 108 Å². The Balaban J connectivity index is 2.09. The highest BCUT2D eigenvalue weighted by Crippen LogP contribution is 2.49. The van der Waals surface area contributed by atoms with Crippen molar-refractivity contribution in [3.8, 4) is 5.75 Å². The molecule has 4 nitrogen and oxygen atoms in total. The normalized spacial score (nSPS) is 31.1. The molecule has 3 rings (SSSR count). The molecular formula is C14H20N2O2. The molecule has 1 saturated heterocycles. The lowest BCUT2D eigenvalue weighted by Gasteiger charge is -2.42. The van der Waals surface area contributed by atoms with Gasteiger partial charge in [0, 0.05) is 31.7 Å². The molecule has 0 spiro atoms. The molecule has 0 N–H and O–H groups in total. The lowest BCUT2D eigenvalue weighted by atomic mass is 9.79. The summed E-state index contributed by atoms with van der Waals surface area (Å²) < 4.78 is 5.35. The molecule has 0 aliphatic carbocycles. The lowest BCUT2D eigenvalue weighted by Crippen LogP contribution is -2.52. The van der Waals surface area contributed by atoms with Crippen LogP contribution in [0.3, 0.4) is 0 Å². The fraction of sp³-hybridized carbons (Fsp3) is 0.571. The fourth-order valence-corrected chi connectivity index (χ4v) is 3.15. The Morgan fingerprint density at radius 1 is 1.39 bits per heavy atom. The molecule has 1 unspecified atom stereocenters. The van der Waals surface area contributed by atoms with Crippen LogP contribution < -0.4 is 9.64 Å². The van der Waals surface area contributed by atoms with E-state index in [2.05, 4.69) is 31.0 Å². The maximum atomic E-state index is 6.00. The van der Waals surface area contributed by atoms with Gasteiger partial charge >= 0.3 is 0 Å². The summed E-state index contributed by atoms with van der Waals surface area (Å²) in [6, 6.07) is 6.29. The molecule has 1 aromatic carbocycles. The number of hydrogen-bond donors (Lipinski definition) is 0. The standard InChI is InChI=1S/C14H20N2O2/c1-14-7-8-15(2)18-13(14)16(3)12-6-5-10(17-4)9-11(12)14/h5-6,9,13H,7-8H2,1-4H3/t13?,14-/m0/s1. The van der Waals surface area contributed by atoms with Crippen LogP contribution in [0.4, 0.5) is 5.69 Å². The topological polar surface area (TPSA) is 24.9 Å². The number of hydroxylamine groups is 2. The van der Waals surface area contributed by atoms with E-state index in [1.165, 1.54) is 11.3 Å². The van der Waals surface area contributed by atoms with Gasteiger partial charge in [-0.1, -0.05) is 6.92 Å². The van der Waals surface area contributed by atoms with Gasteiger partial charge in [0.05, 0.1) is 7.11 Å². The molecule has 18 heavy (non-hydrogen) atoms. The van der Waals surface area contributed by atoms with E-state index in [0.29, 0.717) is 0 Å². The van der Waals surface area contributed by atoms with Crippen LogP contribution in [0.25, 0.3) is 0 Å². The first-order valence-electron chi connectivity index (χ1n) is 6.35. The predicted octanol–water partition coefficient (Wildman–Crippen LogP) is 2.00. The maximum absolute atomic E-state index is 6.00. The van der Waals surface area contributed by atoms with Gasteiger partial charge in [-0.25, -0.2) is 0 Å². The molecule has 98 valence electrons. The van der Waals surface area contributed by atoms with Crippen molar-refractivity contribution in [2.45, 2.75) is 25.0 Å². The quantitative estimate of drug-likeness (QED) is 0.759. The number of likely N-dealkylation sites (N-methyl/N-ethyl adjacent to an activating group) is 1. The van der Waals surface area contributed by atoms with Crippen molar-refractivity contribution >= 4 is 5.69 Å². The van der Waals surface area contributed by atoms with Crippen molar-refractivity contribution < 1.29 is 9.57 Å². The zero-order valence-electron chi connectivity index (χ0n) is 11.4. The summed E-state index contributed by atoms with van der Waals surface area (Å²) >= 11 is 0. The van der Waals surface area contributed by atoms with Crippen LogP contribution in [0.5, 0.6) is 5.75 Å². The smallest absolute Gasteiger partial charge is 0.160 e. The Hall–Kier alpha value is -1.26. The molecule has 0 radical (unpaired) electrons. The van der Waals surface area contributed by atoms with Crippen molar-refractivity contribution in [1.29, 1.82) is 0 Å². The van der Waals surface area contributed by atoms with Crippen molar-refractivity contribution in [2.75, 3.05) is 32.6 Å². The second kappa shape index (κ2) is 3.87. The van der Waals surface area contributed by atoms with Crippen molar-refractivity contribution in [3.05, 3.63) is 23.8 Å². The largest absolute Gasteiger partial charge is 0.497 e. The average molecular weight is 248 g/mol. The van der Waals surface area contributed by atoms with Gasteiger partial charge in [0.2, 0.25) is 0 Å². The van der Waals surface area contributed by atoms with Crippen molar-refractivity contribution in [2.24, 2.45) is 0 Å². The third-order valence-electron chi connectivity index (χ3n) is 4.32. The number of nitrogens with zero attached hydrogens (tertiary/aromatic N) is 2. The van der Waals surface area contributed by atoms with Crippen LogP contribution in [0, 0.1) is 0 Å². The van der Waals surface area contributed by atoms with E-state index in [9.17, 15) is 0 Å². The van der Waals surface area contributed by atoms with Crippen molar-refractivity contribution in [3.63, 3.8) is 0 Å². The van der Waals surface area contributed by atoms with Gasteiger partial charge < -0.3 is 9.64 Å². The maximum Gasteiger partial charge on any atom is 0.160 e. The Morgan fingerprint density at radius 2 is 2.17 bits per heavy atom. The molecular weight excluding hydrogens is 228 g/mol. The summed E-state index contributed by atoms with van der Waals surface area (Å²) in [6.07, 6.45) is 1.18. The molecule has 4 heteroatoms. The van der Waals surface area contributed by atoms with E-state index in [1.807, 2.05) is 18.2 Å². The zero-order chi connectivity index (χ0) is 12.9. The van der Waals surface area contributed by atoms with Gasteiger partial charge in [-0.3, -0.25) is 4.84 Å². The number of rotatable bonds is 1. The SMILES string of the molecule is COc1ccc2c(c1)[C@]1(C)CCN(C)OC1N2C. The molecule has 2 heterocycles. The van der Waals surface area contributed by atoms with Gasteiger partial charge in [0.1, 0.15) is 5.75 Å². The Bertz CT molecular complexity index is 477. The van der Waals surface area contributed by atoms with Gasteiger partial charge in [-0.15, -0.1) is 0 Å². The van der Waals surface area contributed by atoms with E-state index >= 15 is 0 Å². The molecule has 1 fully saturated rings. The van der Waals surface area contributed by atoms with Gasteiger partial charge in [0.15, 0.2) is 6.23 Å². The summed E-state index contributed by atoms with van der Waals surface area (Å²) in [5.41, 5.74) is 2.63. The minimum absolute atomic E-state index is 0.0468. The monoisotopic (exact) mass is 248 g/mol. The van der Waals surface area contributed by atoms with E-state index in [0.717, 1.165) is 18.7 Å². The first kappa shape index (κ1) is 11.8. The van der Waals surface area contributed by atoms with Crippen LogP contribution in [0.15, 0.2) is 18.2 Å². The number of fused-ring (bicyclic) bond motifs is 3. The van der Waals surface area contributed by atoms with Crippen LogP contribution in [0.1, 0.15) is 18.9 Å². The first-order valence-corrected chi connectivity index (χ1v) is 6.35. The molecule has 0 bridgehead atoms. The molecule has 0 amide bonds. The molecule has 1 aromatic rings. The lowest BCUT2D eigenvalue weighted by molar-refractivity contribution is -0.226. The molecule has 0 saturated carbocycles. The summed E-state index contributed by atoms with van der Waals surface area (Å²) in [4.78, 5) is 8.23. The third kappa shape index (κ3) is 1.45. The second-order valence-electron chi connectivity index (χ2n) is 5.47. The zero-order valence-corrected chi connectivity index (χ0v) is 11.4. The third-order valence-corrected chi connectivity index (χ3v) is 4.32. The van der Waals surface area contributed by atoms with Gasteiger partial charge in [0.25, 0.3) is 0 Å². The van der Waals surface area contributed by atoms with Crippen LogP contribution >= 0.6 is 0 Å². The van der Waals surface area contributed by atoms with Crippen molar-refractivity contribution in [1.82, 2.24) is 5.06 Å². The molecule has 2 atom stereocenters. The highest BCUT2D eigenvalue weighted by atomic mass is 16.7. The number of methoxy groups -OCH3 is 1. The van der Waals surface area contributed by atoms with E-state index in [-0.39, 0.29) is 11.6 Å². The summed E-state index contributed by atoms with van der Waals surface area (Å²) in [5, 5.41) is 1.94. The molecule has 2 aliphatic rings.